The first-order valence-corrected chi connectivity index (χ1v) is 6.65. The van der Waals surface area contributed by atoms with Crippen molar-refractivity contribution in [3.8, 4) is 0 Å². The highest BCUT2D eigenvalue weighted by molar-refractivity contribution is 9.10. The molecule has 1 aliphatic rings. The van der Waals surface area contributed by atoms with E-state index >= 15 is 0 Å². The zero-order chi connectivity index (χ0) is 12.3. The number of carbonyl (C=O) groups excluding carboxylic acids is 1. The summed E-state index contributed by atoms with van der Waals surface area (Å²) in [6.07, 6.45) is 2.56. The van der Waals surface area contributed by atoms with E-state index in [4.69, 9.17) is 5.11 Å². The monoisotopic (exact) mass is 297 g/mol. The molecular formula is C13H16BrNO2. The van der Waals surface area contributed by atoms with Gasteiger partial charge in [0.25, 0.3) is 0 Å². The Labute approximate surface area is 110 Å². The number of amides is 1. The third kappa shape index (κ3) is 3.54. The summed E-state index contributed by atoms with van der Waals surface area (Å²) in [7, 11) is 0. The lowest BCUT2D eigenvalue weighted by atomic mass is 10.1. The van der Waals surface area contributed by atoms with Crippen LogP contribution in [0.2, 0.25) is 0 Å². The molecule has 0 spiro atoms. The summed E-state index contributed by atoms with van der Waals surface area (Å²) in [6.45, 7) is 0.498. The minimum atomic E-state index is 0.0424. The van der Waals surface area contributed by atoms with Crippen molar-refractivity contribution in [3.05, 3.63) is 34.3 Å². The predicted octanol–water partition coefficient (Wildman–Crippen LogP) is 1.97. The van der Waals surface area contributed by atoms with Gasteiger partial charge in [0.15, 0.2) is 0 Å². The van der Waals surface area contributed by atoms with Gasteiger partial charge in [-0.15, -0.1) is 0 Å². The fraction of sp³-hybridized carbons (Fsp3) is 0.462. The Kier molecular flexibility index (Phi) is 4.18. The van der Waals surface area contributed by atoms with Crippen LogP contribution in [-0.2, 0) is 11.2 Å². The van der Waals surface area contributed by atoms with Crippen LogP contribution < -0.4 is 0 Å². The molecule has 4 heteroatoms. The topological polar surface area (TPSA) is 40.5 Å². The molecule has 0 heterocycles. The first-order valence-electron chi connectivity index (χ1n) is 5.85. The fourth-order valence-corrected chi connectivity index (χ4v) is 2.37. The number of aliphatic hydroxyl groups is 1. The second kappa shape index (κ2) is 5.65. The van der Waals surface area contributed by atoms with Crippen LogP contribution in [0.15, 0.2) is 28.7 Å². The van der Waals surface area contributed by atoms with Gasteiger partial charge in [0.1, 0.15) is 0 Å². The zero-order valence-corrected chi connectivity index (χ0v) is 11.2. The van der Waals surface area contributed by atoms with Gasteiger partial charge in [0, 0.05) is 17.1 Å². The van der Waals surface area contributed by atoms with E-state index in [2.05, 4.69) is 15.9 Å². The Hall–Kier alpha value is -0.870. The van der Waals surface area contributed by atoms with Crippen molar-refractivity contribution in [3.63, 3.8) is 0 Å². The van der Waals surface area contributed by atoms with Crippen LogP contribution >= 0.6 is 15.9 Å². The lowest BCUT2D eigenvalue weighted by Gasteiger charge is -2.21. The number of halogens is 1. The largest absolute Gasteiger partial charge is 0.395 e. The van der Waals surface area contributed by atoms with Crippen molar-refractivity contribution in [2.24, 2.45) is 0 Å². The third-order valence-electron chi connectivity index (χ3n) is 2.89. The van der Waals surface area contributed by atoms with E-state index in [1.54, 1.807) is 4.90 Å². The number of aliphatic hydroxyl groups excluding tert-OH is 1. The zero-order valence-electron chi connectivity index (χ0n) is 9.60. The fourth-order valence-electron chi connectivity index (χ4n) is 1.93. The lowest BCUT2D eigenvalue weighted by molar-refractivity contribution is -0.131. The Balaban J connectivity index is 1.99. The number of hydrogen-bond donors (Lipinski definition) is 1. The lowest BCUT2D eigenvalue weighted by Crippen LogP contribution is -2.36. The van der Waals surface area contributed by atoms with Crippen molar-refractivity contribution in [1.82, 2.24) is 4.90 Å². The van der Waals surface area contributed by atoms with E-state index in [1.807, 2.05) is 24.3 Å². The van der Waals surface area contributed by atoms with Crippen molar-refractivity contribution in [2.45, 2.75) is 25.3 Å². The molecule has 92 valence electrons. The first kappa shape index (κ1) is 12.6. The molecule has 2 rings (SSSR count). The highest BCUT2D eigenvalue weighted by atomic mass is 79.9. The number of carbonyl (C=O) groups is 1. The van der Waals surface area contributed by atoms with Crippen molar-refractivity contribution < 1.29 is 9.90 Å². The SMILES string of the molecule is O=C(Cc1cccc(Br)c1)N(CCO)C1CC1. The number of nitrogens with zero attached hydrogens (tertiary/aromatic N) is 1. The molecule has 1 amide bonds. The standard InChI is InChI=1S/C13H16BrNO2/c14-11-3-1-2-10(8-11)9-13(17)15(6-7-16)12-4-5-12/h1-3,8,12,16H,4-7,9H2. The van der Waals surface area contributed by atoms with E-state index < -0.39 is 0 Å². The molecule has 0 radical (unpaired) electrons. The summed E-state index contributed by atoms with van der Waals surface area (Å²) < 4.78 is 0.989. The maximum atomic E-state index is 12.1. The number of benzene rings is 1. The highest BCUT2D eigenvalue weighted by Gasteiger charge is 2.31. The van der Waals surface area contributed by atoms with Crippen LogP contribution in [0.4, 0.5) is 0 Å². The van der Waals surface area contributed by atoms with Crippen molar-refractivity contribution >= 4 is 21.8 Å². The summed E-state index contributed by atoms with van der Waals surface area (Å²) in [5, 5.41) is 8.97. The molecule has 1 aliphatic carbocycles. The number of hydrogen-bond acceptors (Lipinski definition) is 2. The summed E-state index contributed by atoms with van der Waals surface area (Å²) in [6, 6.07) is 8.15. The summed E-state index contributed by atoms with van der Waals surface area (Å²) in [5.41, 5.74) is 1.01. The molecule has 0 saturated heterocycles. The van der Waals surface area contributed by atoms with Crippen LogP contribution in [0.1, 0.15) is 18.4 Å². The van der Waals surface area contributed by atoms with E-state index in [1.165, 1.54) is 0 Å². The van der Waals surface area contributed by atoms with Crippen LogP contribution in [0.3, 0.4) is 0 Å². The molecule has 0 atom stereocenters. The maximum Gasteiger partial charge on any atom is 0.227 e. The van der Waals surface area contributed by atoms with Gasteiger partial charge in [-0.05, 0) is 30.5 Å². The van der Waals surface area contributed by atoms with Crippen molar-refractivity contribution in [1.29, 1.82) is 0 Å². The molecule has 3 nitrogen and oxygen atoms in total. The van der Waals surface area contributed by atoms with Crippen LogP contribution in [0.5, 0.6) is 0 Å². The summed E-state index contributed by atoms with van der Waals surface area (Å²) >= 11 is 3.40. The van der Waals surface area contributed by atoms with E-state index in [9.17, 15) is 4.79 Å². The summed E-state index contributed by atoms with van der Waals surface area (Å²) in [5.74, 6) is 0.111. The molecule has 1 fully saturated rings. The molecule has 17 heavy (non-hydrogen) atoms. The molecule has 1 aromatic carbocycles. The van der Waals surface area contributed by atoms with Gasteiger partial charge in [-0.2, -0.15) is 0 Å². The van der Waals surface area contributed by atoms with E-state index in [0.29, 0.717) is 19.0 Å². The van der Waals surface area contributed by atoms with Gasteiger partial charge in [0.2, 0.25) is 5.91 Å². The average molecular weight is 298 g/mol. The molecule has 1 aromatic rings. The molecule has 1 saturated carbocycles. The van der Waals surface area contributed by atoms with E-state index in [0.717, 1.165) is 22.9 Å². The minimum Gasteiger partial charge on any atom is -0.395 e. The van der Waals surface area contributed by atoms with Crippen LogP contribution in [-0.4, -0.2) is 35.1 Å². The Morgan fingerprint density at radius 1 is 1.47 bits per heavy atom. The second-order valence-electron chi connectivity index (χ2n) is 4.35. The second-order valence-corrected chi connectivity index (χ2v) is 5.26. The van der Waals surface area contributed by atoms with Gasteiger partial charge in [-0.1, -0.05) is 28.1 Å². The Morgan fingerprint density at radius 2 is 2.24 bits per heavy atom. The molecule has 0 unspecified atom stereocenters. The van der Waals surface area contributed by atoms with Gasteiger partial charge in [-0.3, -0.25) is 4.79 Å². The van der Waals surface area contributed by atoms with Crippen LogP contribution in [0.25, 0.3) is 0 Å². The molecule has 0 bridgehead atoms. The predicted molar refractivity (Wildman–Crippen MR) is 69.7 cm³/mol. The molecule has 1 N–H and O–H groups in total. The normalized spacial score (nSPS) is 14.7. The van der Waals surface area contributed by atoms with Gasteiger partial charge < -0.3 is 10.0 Å². The maximum absolute atomic E-state index is 12.1. The summed E-state index contributed by atoms with van der Waals surface area (Å²) in [4.78, 5) is 13.9. The van der Waals surface area contributed by atoms with Gasteiger partial charge >= 0.3 is 0 Å². The minimum absolute atomic E-state index is 0.0424. The first-order chi connectivity index (χ1) is 8.20. The molecule has 0 aromatic heterocycles. The Bertz CT molecular complexity index is 404. The van der Waals surface area contributed by atoms with Gasteiger partial charge in [-0.25, -0.2) is 0 Å². The molecular weight excluding hydrogens is 282 g/mol. The van der Waals surface area contributed by atoms with E-state index in [-0.39, 0.29) is 12.5 Å². The number of rotatable bonds is 5. The Morgan fingerprint density at radius 3 is 2.82 bits per heavy atom. The molecule has 0 aliphatic heterocycles. The average Bonchev–Trinajstić information content (AvgIpc) is 3.09. The smallest absolute Gasteiger partial charge is 0.227 e. The highest BCUT2D eigenvalue weighted by Crippen LogP contribution is 2.27. The third-order valence-corrected chi connectivity index (χ3v) is 3.39. The van der Waals surface area contributed by atoms with Gasteiger partial charge in [0.05, 0.1) is 13.0 Å². The van der Waals surface area contributed by atoms with Crippen molar-refractivity contribution in [2.75, 3.05) is 13.2 Å². The van der Waals surface area contributed by atoms with Crippen LogP contribution in [0, 0.1) is 0 Å². The quantitative estimate of drug-likeness (QED) is 0.903.